The first kappa shape index (κ1) is 22.0. The van der Waals surface area contributed by atoms with E-state index in [0.29, 0.717) is 17.1 Å². The van der Waals surface area contributed by atoms with Crippen molar-refractivity contribution in [3.8, 4) is 0 Å². The zero-order valence-corrected chi connectivity index (χ0v) is 17.5. The summed E-state index contributed by atoms with van der Waals surface area (Å²) >= 11 is 0. The Hall–Kier alpha value is -3.69. The fourth-order valence-corrected chi connectivity index (χ4v) is 3.33. The van der Waals surface area contributed by atoms with Crippen molar-refractivity contribution in [1.82, 2.24) is 15.1 Å². The van der Waals surface area contributed by atoms with Gasteiger partial charge in [-0.25, -0.2) is 14.0 Å². The number of carbonyl (C=O) groups excluding carboxylic acids is 4. The van der Waals surface area contributed by atoms with E-state index in [4.69, 9.17) is 4.42 Å². The number of furan rings is 1. The van der Waals surface area contributed by atoms with Crippen LogP contribution < -0.4 is 5.32 Å². The molecule has 164 valence electrons. The first-order valence-corrected chi connectivity index (χ1v) is 9.38. The summed E-state index contributed by atoms with van der Waals surface area (Å²) < 4.78 is 23.4. The van der Waals surface area contributed by atoms with Gasteiger partial charge in [-0.3, -0.25) is 14.5 Å². The lowest BCUT2D eigenvalue weighted by atomic mass is 9.92. The highest BCUT2D eigenvalue weighted by molar-refractivity contribution is 6.09. The summed E-state index contributed by atoms with van der Waals surface area (Å²) in [6.07, 6.45) is 0. The molecule has 1 aliphatic rings. The predicted octanol–water partition coefficient (Wildman–Crippen LogP) is 1.94. The van der Waals surface area contributed by atoms with Gasteiger partial charge in [0.05, 0.1) is 13.7 Å². The number of urea groups is 1. The fourth-order valence-electron chi connectivity index (χ4n) is 3.33. The van der Waals surface area contributed by atoms with Gasteiger partial charge in [-0.05, 0) is 37.6 Å². The molecule has 1 aromatic heterocycles. The van der Waals surface area contributed by atoms with E-state index in [9.17, 15) is 23.6 Å². The van der Waals surface area contributed by atoms with Crippen molar-refractivity contribution in [2.75, 3.05) is 20.7 Å². The number of carbonyl (C=O) groups is 4. The van der Waals surface area contributed by atoms with Crippen molar-refractivity contribution in [3.05, 3.63) is 58.8 Å². The lowest BCUT2D eigenvalue weighted by molar-refractivity contribution is -0.138. The fraction of sp³-hybridized carbons (Fsp3) is 0.333. The van der Waals surface area contributed by atoms with Gasteiger partial charge in [-0.15, -0.1) is 0 Å². The minimum Gasteiger partial charge on any atom is -0.465 e. The summed E-state index contributed by atoms with van der Waals surface area (Å²) in [7, 11) is 2.73. The Balaban J connectivity index is 1.70. The molecule has 0 saturated carbocycles. The van der Waals surface area contributed by atoms with Crippen LogP contribution in [0, 0.1) is 12.7 Å². The van der Waals surface area contributed by atoms with E-state index in [-0.39, 0.29) is 12.1 Å². The summed E-state index contributed by atoms with van der Waals surface area (Å²) in [5.74, 6) is -1.45. The predicted molar refractivity (Wildman–Crippen MR) is 105 cm³/mol. The van der Waals surface area contributed by atoms with Crippen LogP contribution in [-0.4, -0.2) is 54.3 Å². The van der Waals surface area contributed by atoms with E-state index >= 15 is 0 Å². The number of likely N-dealkylation sites (N-methyl/N-ethyl adjacent to an activating group) is 1. The number of aryl methyl sites for hydroxylation is 1. The summed E-state index contributed by atoms with van der Waals surface area (Å²) in [5, 5.41) is 2.56. The molecule has 2 heterocycles. The number of hydrogen-bond acceptors (Lipinski definition) is 6. The third kappa shape index (κ3) is 4.14. The Morgan fingerprint density at radius 3 is 2.52 bits per heavy atom. The maximum Gasteiger partial charge on any atom is 0.341 e. The third-order valence-corrected chi connectivity index (χ3v) is 5.18. The molecule has 1 atom stereocenters. The summed E-state index contributed by atoms with van der Waals surface area (Å²) in [4.78, 5) is 51.7. The molecule has 2 aromatic rings. The highest BCUT2D eigenvalue weighted by Gasteiger charge is 2.49. The van der Waals surface area contributed by atoms with Gasteiger partial charge in [-0.2, -0.15) is 0 Å². The van der Waals surface area contributed by atoms with Crippen molar-refractivity contribution in [1.29, 1.82) is 0 Å². The van der Waals surface area contributed by atoms with Crippen molar-refractivity contribution >= 4 is 23.8 Å². The molecule has 1 aromatic carbocycles. The maximum absolute atomic E-state index is 13.2. The number of hydrogen-bond donors (Lipinski definition) is 1. The molecule has 1 fully saturated rings. The van der Waals surface area contributed by atoms with Crippen LogP contribution in [0.15, 0.2) is 34.7 Å². The quantitative estimate of drug-likeness (QED) is 0.553. The summed E-state index contributed by atoms with van der Waals surface area (Å²) in [6.45, 7) is 2.63. The lowest BCUT2D eigenvalue weighted by Crippen LogP contribution is -2.43. The molecule has 4 amide bonds. The Morgan fingerprint density at radius 1 is 1.26 bits per heavy atom. The number of rotatable bonds is 6. The van der Waals surface area contributed by atoms with E-state index in [1.165, 1.54) is 56.3 Å². The molecule has 0 bridgehead atoms. The smallest absolute Gasteiger partial charge is 0.341 e. The molecule has 1 N–H and O–H groups in total. The van der Waals surface area contributed by atoms with Gasteiger partial charge in [0.1, 0.15) is 35.0 Å². The average molecular weight is 431 g/mol. The molecule has 1 saturated heterocycles. The van der Waals surface area contributed by atoms with Crippen LogP contribution in [0.1, 0.15) is 34.4 Å². The monoisotopic (exact) mass is 431 g/mol. The van der Waals surface area contributed by atoms with Crippen LogP contribution in [0.4, 0.5) is 9.18 Å². The van der Waals surface area contributed by atoms with E-state index in [1.807, 2.05) is 0 Å². The van der Waals surface area contributed by atoms with Crippen molar-refractivity contribution in [2.45, 2.75) is 25.9 Å². The molecular formula is C21H22FN3O6. The van der Waals surface area contributed by atoms with Crippen molar-refractivity contribution < 1.29 is 32.7 Å². The summed E-state index contributed by atoms with van der Waals surface area (Å²) in [5.41, 5.74) is -0.753. The zero-order chi connectivity index (χ0) is 22.9. The van der Waals surface area contributed by atoms with E-state index < -0.39 is 41.7 Å². The van der Waals surface area contributed by atoms with Crippen LogP contribution in [0.3, 0.4) is 0 Å². The number of esters is 1. The Labute approximate surface area is 177 Å². The standard InChI is InChI=1S/C21H22FN3O6/c1-12-16(18(27)30-4)9-15(31-12)10-24(3)17(26)11-25-19(28)21(2,23-20(25)29)13-5-7-14(22)8-6-13/h5-9H,10-11H2,1-4H3,(H,23,29). The zero-order valence-electron chi connectivity index (χ0n) is 17.5. The molecule has 1 unspecified atom stereocenters. The highest BCUT2D eigenvalue weighted by Crippen LogP contribution is 2.29. The van der Waals surface area contributed by atoms with Gasteiger partial charge >= 0.3 is 12.0 Å². The molecule has 9 nitrogen and oxygen atoms in total. The van der Waals surface area contributed by atoms with Gasteiger partial charge in [0.25, 0.3) is 5.91 Å². The summed E-state index contributed by atoms with van der Waals surface area (Å²) in [6, 6.07) is 5.95. The SMILES string of the molecule is COC(=O)c1cc(CN(C)C(=O)CN2C(=O)NC(C)(c3ccc(F)cc3)C2=O)oc1C. The second-order valence-corrected chi connectivity index (χ2v) is 7.38. The minimum atomic E-state index is -1.41. The Morgan fingerprint density at radius 2 is 1.90 bits per heavy atom. The lowest BCUT2D eigenvalue weighted by Gasteiger charge is -2.23. The first-order valence-electron chi connectivity index (χ1n) is 9.38. The molecule has 10 heteroatoms. The van der Waals surface area contributed by atoms with Gasteiger partial charge in [0.2, 0.25) is 5.91 Å². The maximum atomic E-state index is 13.2. The van der Waals surface area contributed by atoms with Crippen molar-refractivity contribution in [2.24, 2.45) is 0 Å². The van der Waals surface area contributed by atoms with Gasteiger partial charge < -0.3 is 19.4 Å². The van der Waals surface area contributed by atoms with Crippen LogP contribution >= 0.6 is 0 Å². The number of nitrogens with one attached hydrogen (secondary N) is 1. The number of nitrogens with zero attached hydrogens (tertiary/aromatic N) is 2. The Kier molecular flexibility index (Phi) is 5.83. The van der Waals surface area contributed by atoms with Crippen LogP contribution in [0.5, 0.6) is 0 Å². The number of methoxy groups -OCH3 is 1. The molecule has 3 rings (SSSR count). The molecule has 0 spiro atoms. The Bertz CT molecular complexity index is 1050. The third-order valence-electron chi connectivity index (χ3n) is 5.18. The highest BCUT2D eigenvalue weighted by atomic mass is 19.1. The molecule has 1 aliphatic heterocycles. The topological polar surface area (TPSA) is 109 Å². The molecule has 31 heavy (non-hydrogen) atoms. The van der Waals surface area contributed by atoms with Crippen LogP contribution in [0.2, 0.25) is 0 Å². The first-order chi connectivity index (χ1) is 14.6. The van der Waals surface area contributed by atoms with E-state index in [0.717, 1.165) is 4.90 Å². The normalized spacial score (nSPS) is 18.2. The van der Waals surface area contributed by atoms with Crippen molar-refractivity contribution in [3.63, 3.8) is 0 Å². The average Bonchev–Trinajstić information content (AvgIpc) is 3.19. The van der Waals surface area contributed by atoms with Crippen LogP contribution in [0.25, 0.3) is 0 Å². The number of amides is 4. The molecule has 0 aliphatic carbocycles. The molecular weight excluding hydrogens is 409 g/mol. The number of benzene rings is 1. The second kappa shape index (κ2) is 8.21. The van der Waals surface area contributed by atoms with Gasteiger partial charge in [0, 0.05) is 7.05 Å². The van der Waals surface area contributed by atoms with Gasteiger partial charge in [0.15, 0.2) is 0 Å². The van der Waals surface area contributed by atoms with Crippen LogP contribution in [-0.2, 0) is 26.4 Å². The van der Waals surface area contributed by atoms with E-state index in [2.05, 4.69) is 10.1 Å². The molecule has 0 radical (unpaired) electrons. The van der Waals surface area contributed by atoms with E-state index in [1.54, 1.807) is 6.92 Å². The minimum absolute atomic E-state index is 0.0234. The number of imide groups is 1. The second-order valence-electron chi connectivity index (χ2n) is 7.38. The largest absolute Gasteiger partial charge is 0.465 e. The van der Waals surface area contributed by atoms with Gasteiger partial charge in [-0.1, -0.05) is 12.1 Å². The number of ether oxygens (including phenoxy) is 1. The number of halogens is 1.